The van der Waals surface area contributed by atoms with Crippen LogP contribution in [0.25, 0.3) is 0 Å². The van der Waals surface area contributed by atoms with E-state index in [2.05, 4.69) is 29.8 Å². The van der Waals surface area contributed by atoms with Gasteiger partial charge in [0.1, 0.15) is 17.1 Å². The molecule has 0 aromatic heterocycles. The highest BCUT2D eigenvalue weighted by atomic mass is 79.9. The number of carbonyl (C=O) groups excluding carboxylic acids is 1. The van der Waals surface area contributed by atoms with E-state index in [1.165, 1.54) is 0 Å². The highest BCUT2D eigenvalue weighted by Crippen LogP contribution is 2.48. The van der Waals surface area contributed by atoms with Gasteiger partial charge in [-0.25, -0.2) is 4.79 Å². The van der Waals surface area contributed by atoms with Crippen molar-refractivity contribution >= 4 is 27.7 Å². The van der Waals surface area contributed by atoms with Crippen molar-refractivity contribution < 1.29 is 39.5 Å². The van der Waals surface area contributed by atoms with Gasteiger partial charge in [-0.05, 0) is 88.7 Å². The Bertz CT molecular complexity index is 1160. The number of aliphatic hydroxyl groups excluding tert-OH is 1. The first-order valence-electron chi connectivity index (χ1n) is 16.1. The van der Waals surface area contributed by atoms with Crippen LogP contribution in [0, 0.1) is 30.6 Å². The number of rotatable bonds is 13. The van der Waals surface area contributed by atoms with E-state index in [9.17, 15) is 30.0 Å². The first-order valence-corrected chi connectivity index (χ1v) is 16.9. The molecule has 2 aliphatic rings. The summed E-state index contributed by atoms with van der Waals surface area (Å²) in [5.41, 5.74) is -0.536. The third-order valence-corrected chi connectivity index (χ3v) is 11.6. The Morgan fingerprint density at radius 1 is 1.16 bits per heavy atom. The van der Waals surface area contributed by atoms with E-state index < -0.39 is 29.2 Å². The van der Waals surface area contributed by atoms with Crippen molar-refractivity contribution in [3.05, 3.63) is 27.2 Å². The monoisotopic (exact) mass is 668 g/mol. The number of halogens is 1. The lowest BCUT2D eigenvalue weighted by Gasteiger charge is -2.47. The predicted molar refractivity (Wildman–Crippen MR) is 169 cm³/mol. The lowest BCUT2D eigenvalue weighted by atomic mass is 9.76. The molecule has 0 amide bonds. The molecular formula is C34H53BrO8. The smallest absolute Gasteiger partial charge is 0.339 e. The minimum absolute atomic E-state index is 0.0224. The Hall–Kier alpha value is -1.52. The molecule has 0 saturated carbocycles. The Morgan fingerprint density at radius 3 is 2.35 bits per heavy atom. The van der Waals surface area contributed by atoms with Crippen LogP contribution in [0.3, 0.4) is 0 Å². The molecule has 3 rings (SSSR count). The number of carboxylic acids is 1. The van der Waals surface area contributed by atoms with Gasteiger partial charge in [0.15, 0.2) is 0 Å². The van der Waals surface area contributed by atoms with Crippen molar-refractivity contribution in [1.29, 1.82) is 0 Å². The average molecular weight is 670 g/mol. The van der Waals surface area contributed by atoms with Gasteiger partial charge in [-0.3, -0.25) is 4.79 Å². The molecule has 0 radical (unpaired) electrons. The molecule has 244 valence electrons. The number of carboxylic acid groups (broad SMARTS) is 1. The highest BCUT2D eigenvalue weighted by molar-refractivity contribution is 9.10. The lowest BCUT2D eigenvalue weighted by Crippen LogP contribution is -2.55. The summed E-state index contributed by atoms with van der Waals surface area (Å²) in [4.78, 5) is 25.8. The van der Waals surface area contributed by atoms with E-state index in [-0.39, 0.29) is 53.2 Å². The van der Waals surface area contributed by atoms with Crippen molar-refractivity contribution in [3.8, 4) is 5.75 Å². The molecule has 0 aliphatic carbocycles. The van der Waals surface area contributed by atoms with Gasteiger partial charge in [0.05, 0.1) is 35.6 Å². The van der Waals surface area contributed by atoms with Crippen molar-refractivity contribution in [2.45, 2.75) is 142 Å². The third kappa shape index (κ3) is 7.16. The van der Waals surface area contributed by atoms with E-state index in [4.69, 9.17) is 9.47 Å². The molecule has 9 heteroatoms. The number of aromatic hydroxyl groups is 1. The van der Waals surface area contributed by atoms with Crippen LogP contribution in [0.4, 0.5) is 0 Å². The SMILES string of the molecule is CC[C@@H](C(=O)[C@@H](C)[C@@H](O)[C@H](C)CCc1cc(Br)c(C)c(O)c1C(=O)O)[C@H]1O[C@](CC)([C@H]2CC[C@](O)(CC)[C@H](C)O2)C[C@@H]1C. The van der Waals surface area contributed by atoms with Crippen LogP contribution in [0.15, 0.2) is 10.5 Å². The summed E-state index contributed by atoms with van der Waals surface area (Å²) in [7, 11) is 0. The van der Waals surface area contributed by atoms with Crippen molar-refractivity contribution in [1.82, 2.24) is 0 Å². The first kappa shape index (κ1) is 36.0. The summed E-state index contributed by atoms with van der Waals surface area (Å²) in [5, 5.41) is 42.3. The lowest BCUT2D eigenvalue weighted by molar-refractivity contribution is -0.229. The largest absolute Gasteiger partial charge is 0.507 e. The van der Waals surface area contributed by atoms with Gasteiger partial charge in [-0.1, -0.05) is 57.5 Å². The fourth-order valence-corrected chi connectivity index (χ4v) is 7.95. The Balaban J connectivity index is 1.71. The molecule has 2 saturated heterocycles. The van der Waals surface area contributed by atoms with Crippen LogP contribution < -0.4 is 0 Å². The van der Waals surface area contributed by atoms with Crippen LogP contribution >= 0.6 is 15.9 Å². The number of aromatic carboxylic acids is 1. The zero-order valence-electron chi connectivity index (χ0n) is 27.2. The highest BCUT2D eigenvalue weighted by Gasteiger charge is 2.55. The summed E-state index contributed by atoms with van der Waals surface area (Å²) < 4.78 is 13.9. The number of ether oxygens (including phenoxy) is 2. The van der Waals surface area contributed by atoms with Crippen LogP contribution in [0.1, 0.15) is 115 Å². The zero-order chi connectivity index (χ0) is 32.4. The molecule has 0 bridgehead atoms. The van der Waals surface area contributed by atoms with E-state index >= 15 is 0 Å². The Morgan fingerprint density at radius 2 is 1.81 bits per heavy atom. The fraction of sp³-hybridized carbons (Fsp3) is 0.765. The van der Waals surface area contributed by atoms with Crippen LogP contribution in [-0.4, -0.2) is 67.8 Å². The number of phenols is 1. The molecule has 1 aromatic rings. The molecule has 43 heavy (non-hydrogen) atoms. The van der Waals surface area contributed by atoms with Gasteiger partial charge in [0, 0.05) is 21.9 Å². The summed E-state index contributed by atoms with van der Waals surface area (Å²) in [6, 6.07) is 1.71. The second kappa shape index (κ2) is 14.3. The molecule has 0 spiro atoms. The number of hydrogen-bond acceptors (Lipinski definition) is 7. The minimum atomic E-state index is -1.20. The third-order valence-electron chi connectivity index (χ3n) is 10.8. The molecule has 0 unspecified atom stereocenters. The molecule has 2 fully saturated rings. The second-order valence-electron chi connectivity index (χ2n) is 13.3. The van der Waals surface area contributed by atoms with Crippen molar-refractivity contribution in [2.24, 2.45) is 23.7 Å². The van der Waals surface area contributed by atoms with Gasteiger partial charge >= 0.3 is 5.97 Å². The average Bonchev–Trinajstić information content (AvgIpc) is 3.32. The van der Waals surface area contributed by atoms with Gasteiger partial charge in [0.25, 0.3) is 0 Å². The van der Waals surface area contributed by atoms with Crippen molar-refractivity contribution in [3.63, 3.8) is 0 Å². The Labute approximate surface area is 265 Å². The maximum Gasteiger partial charge on any atom is 0.339 e. The van der Waals surface area contributed by atoms with Gasteiger partial charge in [-0.2, -0.15) is 0 Å². The maximum atomic E-state index is 13.9. The summed E-state index contributed by atoms with van der Waals surface area (Å²) >= 11 is 3.39. The number of aliphatic hydroxyl groups is 2. The number of aryl methyl sites for hydroxylation is 1. The van der Waals surface area contributed by atoms with Gasteiger partial charge in [-0.15, -0.1) is 0 Å². The molecule has 4 N–H and O–H groups in total. The first-order chi connectivity index (χ1) is 20.1. The van der Waals surface area contributed by atoms with E-state index in [1.54, 1.807) is 19.9 Å². The Kier molecular flexibility index (Phi) is 11.9. The molecule has 2 aliphatic heterocycles. The summed E-state index contributed by atoms with van der Waals surface area (Å²) in [6.45, 7) is 15.4. The quantitative estimate of drug-likeness (QED) is 0.185. The summed E-state index contributed by atoms with van der Waals surface area (Å²) in [6.07, 6.45) is 3.23. The number of hydrogen-bond donors (Lipinski definition) is 4. The van der Waals surface area contributed by atoms with Crippen molar-refractivity contribution in [2.75, 3.05) is 0 Å². The standard InChI is InChI=1S/C34H53BrO8/c1-9-24(31-19(5)17-34(11-3,43-31)26-14-15-33(41,10-2)22(8)42-26)29(37)21(7)28(36)18(4)12-13-23-16-25(35)20(6)30(38)27(23)32(39)40/h16,18-19,21-22,24,26,28,31,36,38,41H,9-15,17H2,1-8H3,(H,39,40)/t18-,19+,21+,22+,24+,26-,28+,31+,33-,34+/m1/s1. The van der Waals surface area contributed by atoms with E-state index in [0.29, 0.717) is 54.1 Å². The maximum absolute atomic E-state index is 13.9. The second-order valence-corrected chi connectivity index (χ2v) is 14.2. The zero-order valence-corrected chi connectivity index (χ0v) is 28.7. The number of carbonyl (C=O) groups is 2. The molecule has 1 aromatic carbocycles. The molecule has 2 heterocycles. The number of benzene rings is 1. The molecular weight excluding hydrogens is 616 g/mol. The van der Waals surface area contributed by atoms with Gasteiger partial charge in [0.2, 0.25) is 0 Å². The number of Topliss-reactive ketones (excluding diaryl/α,β-unsaturated/α-hetero) is 1. The topological polar surface area (TPSA) is 134 Å². The minimum Gasteiger partial charge on any atom is -0.507 e. The fourth-order valence-electron chi connectivity index (χ4n) is 7.48. The predicted octanol–water partition coefficient (Wildman–Crippen LogP) is 6.60. The molecule has 10 atom stereocenters. The van der Waals surface area contributed by atoms with Crippen LogP contribution in [0.5, 0.6) is 5.75 Å². The van der Waals surface area contributed by atoms with Gasteiger partial charge < -0.3 is 29.9 Å². The number of ketones is 1. The van der Waals surface area contributed by atoms with Crippen LogP contribution in [0.2, 0.25) is 0 Å². The van der Waals surface area contributed by atoms with E-state index in [0.717, 1.165) is 12.8 Å². The van der Waals surface area contributed by atoms with Crippen LogP contribution in [-0.2, 0) is 20.7 Å². The summed E-state index contributed by atoms with van der Waals surface area (Å²) in [5.74, 6) is -2.65. The molecule has 8 nitrogen and oxygen atoms in total. The van der Waals surface area contributed by atoms with E-state index in [1.807, 2.05) is 27.7 Å². The normalized spacial score (nSPS) is 32.3.